The average Bonchev–Trinajstić information content (AvgIpc) is 2.77. The molecule has 0 N–H and O–H groups in total. The van der Waals surface area contributed by atoms with E-state index in [0.717, 1.165) is 17.9 Å². The largest absolute Gasteiger partial charge is 0.459 e. The molecule has 3 heterocycles. The number of rotatable bonds is 0. The summed E-state index contributed by atoms with van der Waals surface area (Å²) in [4.78, 5) is 2.62. The predicted molar refractivity (Wildman–Crippen MR) is 72.6 cm³/mol. The molecule has 1 saturated heterocycles. The van der Waals surface area contributed by atoms with Gasteiger partial charge in [0.15, 0.2) is 0 Å². The zero-order chi connectivity index (χ0) is 12.1. The molecule has 2 nitrogen and oxygen atoms in total. The van der Waals surface area contributed by atoms with Gasteiger partial charge in [-0.15, -0.1) is 0 Å². The summed E-state index contributed by atoms with van der Waals surface area (Å²) < 4.78 is 6.19. The zero-order valence-electron chi connectivity index (χ0n) is 10.9. The van der Waals surface area contributed by atoms with Crippen LogP contribution >= 0.6 is 0 Å². The fourth-order valence-electron chi connectivity index (χ4n) is 3.82. The summed E-state index contributed by atoms with van der Waals surface area (Å²) >= 11 is 0. The van der Waals surface area contributed by atoms with Gasteiger partial charge in [-0.25, -0.2) is 0 Å². The molecule has 2 aliphatic heterocycles. The summed E-state index contributed by atoms with van der Waals surface area (Å²) in [7, 11) is 0. The van der Waals surface area contributed by atoms with Crippen LogP contribution in [0.2, 0.25) is 0 Å². The number of para-hydroxylation sites is 1. The lowest BCUT2D eigenvalue weighted by atomic mass is 9.84. The van der Waals surface area contributed by atoms with Gasteiger partial charge in [0.2, 0.25) is 0 Å². The Kier molecular flexibility index (Phi) is 2.28. The van der Waals surface area contributed by atoms with Crippen LogP contribution in [0, 0.1) is 5.92 Å². The summed E-state index contributed by atoms with van der Waals surface area (Å²) in [5, 5.41) is 1.34. The monoisotopic (exact) mass is 241 g/mol. The molecule has 1 aromatic heterocycles. The minimum absolute atomic E-state index is 0.523. The van der Waals surface area contributed by atoms with Crippen LogP contribution < -0.4 is 0 Å². The molecular formula is C16H19NO. The van der Waals surface area contributed by atoms with Crippen LogP contribution in [-0.2, 0) is 6.42 Å². The van der Waals surface area contributed by atoms with Crippen molar-refractivity contribution in [1.82, 2.24) is 4.90 Å². The van der Waals surface area contributed by atoms with Gasteiger partial charge < -0.3 is 4.42 Å². The van der Waals surface area contributed by atoms with Crippen molar-refractivity contribution < 1.29 is 4.42 Å². The highest BCUT2D eigenvalue weighted by Crippen LogP contribution is 2.43. The molecule has 2 aromatic rings. The third-order valence-electron chi connectivity index (χ3n) is 4.68. The lowest BCUT2D eigenvalue weighted by Crippen LogP contribution is -2.42. The van der Waals surface area contributed by atoms with Gasteiger partial charge in [0, 0.05) is 17.5 Å². The Bertz CT molecular complexity index is 586. The molecular weight excluding hydrogens is 222 g/mol. The summed E-state index contributed by atoms with van der Waals surface area (Å²) in [6, 6.07) is 9.02. The van der Waals surface area contributed by atoms with Crippen molar-refractivity contribution in [2.24, 2.45) is 5.92 Å². The molecule has 1 fully saturated rings. The lowest BCUT2D eigenvalue weighted by molar-refractivity contribution is 0.0754. The second-order valence-corrected chi connectivity index (χ2v) is 5.79. The highest BCUT2D eigenvalue weighted by atomic mass is 16.3. The van der Waals surface area contributed by atoms with Crippen molar-refractivity contribution in [1.29, 1.82) is 0 Å². The van der Waals surface area contributed by atoms with Gasteiger partial charge in [0.05, 0.1) is 6.04 Å². The van der Waals surface area contributed by atoms with E-state index >= 15 is 0 Å². The SMILES string of the molecule is C[C@H]1CCCN2CCc3c(oc4ccccc34)[C@@H]12. The molecule has 2 atom stereocenters. The van der Waals surface area contributed by atoms with E-state index < -0.39 is 0 Å². The molecule has 0 aliphatic carbocycles. The van der Waals surface area contributed by atoms with Gasteiger partial charge in [-0.2, -0.15) is 0 Å². The van der Waals surface area contributed by atoms with Crippen molar-refractivity contribution in [2.45, 2.75) is 32.2 Å². The second-order valence-electron chi connectivity index (χ2n) is 5.79. The highest BCUT2D eigenvalue weighted by molar-refractivity contribution is 5.82. The van der Waals surface area contributed by atoms with Gasteiger partial charge in [0.1, 0.15) is 11.3 Å². The topological polar surface area (TPSA) is 16.4 Å². The quantitative estimate of drug-likeness (QED) is 0.698. The normalized spacial score (nSPS) is 28.1. The number of fused-ring (bicyclic) bond motifs is 5. The molecule has 0 amide bonds. The number of benzene rings is 1. The average molecular weight is 241 g/mol. The third kappa shape index (κ3) is 1.39. The van der Waals surface area contributed by atoms with Gasteiger partial charge in [-0.05, 0) is 37.8 Å². The Hall–Kier alpha value is -1.28. The molecule has 18 heavy (non-hydrogen) atoms. The minimum Gasteiger partial charge on any atom is -0.459 e. The number of hydrogen-bond donors (Lipinski definition) is 0. The second kappa shape index (κ2) is 3.86. The van der Waals surface area contributed by atoms with Crippen molar-refractivity contribution in [3.8, 4) is 0 Å². The van der Waals surface area contributed by atoms with E-state index in [1.165, 1.54) is 42.6 Å². The third-order valence-corrected chi connectivity index (χ3v) is 4.68. The number of hydrogen-bond acceptors (Lipinski definition) is 2. The molecule has 94 valence electrons. The summed E-state index contributed by atoms with van der Waals surface area (Å²) in [5.41, 5.74) is 2.54. The first-order valence-electron chi connectivity index (χ1n) is 7.09. The van der Waals surface area contributed by atoms with Crippen LogP contribution in [0.1, 0.15) is 37.1 Å². The lowest BCUT2D eigenvalue weighted by Gasteiger charge is -2.41. The standard InChI is InChI=1S/C16H19NO/c1-11-5-4-9-17-10-8-13-12-6-2-3-7-14(12)18-16(13)15(11)17/h2-3,6-7,11,15H,4-5,8-10H2,1H3/t11-,15+/m0/s1. The Balaban J connectivity index is 1.90. The van der Waals surface area contributed by atoms with Crippen molar-refractivity contribution in [2.75, 3.05) is 13.1 Å². The van der Waals surface area contributed by atoms with Crippen LogP contribution in [0.4, 0.5) is 0 Å². The Labute approximate surface area is 108 Å². The zero-order valence-corrected chi connectivity index (χ0v) is 10.9. The van der Waals surface area contributed by atoms with Gasteiger partial charge in [0.25, 0.3) is 0 Å². The van der Waals surface area contributed by atoms with Gasteiger partial charge in [-0.3, -0.25) is 4.90 Å². The molecule has 1 aromatic carbocycles. The van der Waals surface area contributed by atoms with Crippen molar-refractivity contribution in [3.63, 3.8) is 0 Å². The van der Waals surface area contributed by atoms with Crippen LogP contribution in [0.25, 0.3) is 11.0 Å². The maximum Gasteiger partial charge on any atom is 0.134 e. The molecule has 0 unspecified atom stereocenters. The molecule has 0 bridgehead atoms. The van der Waals surface area contributed by atoms with E-state index in [4.69, 9.17) is 4.42 Å². The molecule has 0 saturated carbocycles. The van der Waals surface area contributed by atoms with Crippen LogP contribution in [0.3, 0.4) is 0 Å². The van der Waals surface area contributed by atoms with E-state index in [-0.39, 0.29) is 0 Å². The summed E-state index contributed by atoms with van der Waals surface area (Å²) in [6.45, 7) is 4.82. The van der Waals surface area contributed by atoms with Gasteiger partial charge in [-0.1, -0.05) is 25.1 Å². The molecule has 0 radical (unpaired) electrons. The molecule has 0 spiro atoms. The van der Waals surface area contributed by atoms with Crippen LogP contribution in [0.15, 0.2) is 28.7 Å². The van der Waals surface area contributed by atoms with E-state index in [9.17, 15) is 0 Å². The Morgan fingerprint density at radius 3 is 3.06 bits per heavy atom. The van der Waals surface area contributed by atoms with Crippen LogP contribution in [0.5, 0.6) is 0 Å². The summed E-state index contributed by atoms with van der Waals surface area (Å²) in [6.07, 6.45) is 3.82. The Morgan fingerprint density at radius 1 is 1.22 bits per heavy atom. The highest BCUT2D eigenvalue weighted by Gasteiger charge is 2.37. The van der Waals surface area contributed by atoms with E-state index in [1.807, 2.05) is 0 Å². The first-order valence-corrected chi connectivity index (χ1v) is 7.09. The predicted octanol–water partition coefficient (Wildman–Crippen LogP) is 3.76. The first kappa shape index (κ1) is 10.6. The maximum atomic E-state index is 6.19. The first-order chi connectivity index (χ1) is 8.84. The summed E-state index contributed by atoms with van der Waals surface area (Å²) in [5.74, 6) is 1.98. The molecule has 4 rings (SSSR count). The fourth-order valence-corrected chi connectivity index (χ4v) is 3.82. The van der Waals surface area contributed by atoms with Gasteiger partial charge >= 0.3 is 0 Å². The van der Waals surface area contributed by atoms with Crippen LogP contribution in [-0.4, -0.2) is 18.0 Å². The molecule has 2 heteroatoms. The molecule has 2 aliphatic rings. The minimum atomic E-state index is 0.523. The number of furan rings is 1. The number of piperidine rings is 1. The van der Waals surface area contributed by atoms with Crippen molar-refractivity contribution in [3.05, 3.63) is 35.6 Å². The number of nitrogens with zero attached hydrogens (tertiary/aromatic N) is 1. The smallest absolute Gasteiger partial charge is 0.134 e. The van der Waals surface area contributed by atoms with E-state index in [1.54, 1.807) is 0 Å². The van der Waals surface area contributed by atoms with E-state index in [2.05, 4.69) is 36.1 Å². The van der Waals surface area contributed by atoms with Crippen molar-refractivity contribution >= 4 is 11.0 Å². The van der Waals surface area contributed by atoms with E-state index in [0.29, 0.717) is 6.04 Å². The Morgan fingerprint density at radius 2 is 2.11 bits per heavy atom. The maximum absolute atomic E-state index is 6.19. The fraction of sp³-hybridized carbons (Fsp3) is 0.500.